The molecule has 0 aromatic heterocycles. The number of imide groups is 1. The molecule has 2 aromatic carbocycles. The maximum Gasteiger partial charge on any atom is 0.262 e. The largest absolute Gasteiger partial charge is 0.329 e. The van der Waals surface area contributed by atoms with Crippen LogP contribution in [0.1, 0.15) is 58.9 Å². The van der Waals surface area contributed by atoms with Crippen molar-refractivity contribution in [1.29, 1.82) is 0 Å². The number of benzene rings is 2. The molecule has 9 heteroatoms. The second-order valence-electron chi connectivity index (χ2n) is 8.22. The average Bonchev–Trinajstić information content (AvgIpc) is 2.98. The van der Waals surface area contributed by atoms with Gasteiger partial charge in [0.1, 0.15) is 6.04 Å². The number of carbonyl (C=O) groups excluding carboxylic acids is 3. The molecule has 166 valence electrons. The summed E-state index contributed by atoms with van der Waals surface area (Å²) in [7, 11) is -3.89. The zero-order chi connectivity index (χ0) is 23.2. The van der Waals surface area contributed by atoms with Gasteiger partial charge in [-0.05, 0) is 54.7 Å². The number of fused-ring (bicyclic) bond motifs is 1. The Hall–Kier alpha value is -3.46. The number of sulfonamides is 1. The first-order chi connectivity index (χ1) is 15.1. The lowest BCUT2D eigenvalue weighted by Gasteiger charge is -2.29. The van der Waals surface area contributed by atoms with Gasteiger partial charge in [0.25, 0.3) is 21.8 Å². The molecule has 2 heterocycles. The molecular formula is C23H23N3O5S. The van der Waals surface area contributed by atoms with E-state index in [0.29, 0.717) is 18.5 Å². The molecule has 0 saturated carbocycles. The number of allylic oxidation sites excluding steroid dienone is 1. The van der Waals surface area contributed by atoms with Crippen LogP contribution in [0.5, 0.6) is 0 Å². The van der Waals surface area contributed by atoms with Crippen molar-refractivity contribution in [3.8, 4) is 0 Å². The molecule has 1 atom stereocenters. The number of nitrogens with zero attached hydrogens (tertiary/aromatic N) is 1. The smallest absolute Gasteiger partial charge is 0.262 e. The van der Waals surface area contributed by atoms with Crippen LogP contribution < -0.4 is 10.0 Å². The number of rotatable bonds is 5. The van der Waals surface area contributed by atoms with E-state index < -0.39 is 33.8 Å². The molecule has 32 heavy (non-hydrogen) atoms. The summed E-state index contributed by atoms with van der Waals surface area (Å²) in [6, 6.07) is 9.79. The van der Waals surface area contributed by atoms with Crippen molar-refractivity contribution in [1.82, 2.24) is 10.2 Å². The first-order valence-corrected chi connectivity index (χ1v) is 11.7. The van der Waals surface area contributed by atoms with Crippen molar-refractivity contribution in [3.63, 3.8) is 0 Å². The average molecular weight is 454 g/mol. The summed E-state index contributed by atoms with van der Waals surface area (Å²) in [5.74, 6) is -1.38. The van der Waals surface area contributed by atoms with E-state index >= 15 is 0 Å². The molecular weight excluding hydrogens is 430 g/mol. The van der Waals surface area contributed by atoms with Crippen molar-refractivity contribution >= 4 is 33.4 Å². The van der Waals surface area contributed by atoms with E-state index in [2.05, 4.69) is 16.6 Å². The van der Waals surface area contributed by atoms with Gasteiger partial charge in [0.15, 0.2) is 0 Å². The highest BCUT2D eigenvalue weighted by Crippen LogP contribution is 2.31. The Morgan fingerprint density at radius 3 is 2.31 bits per heavy atom. The van der Waals surface area contributed by atoms with Crippen LogP contribution in [0.3, 0.4) is 0 Å². The summed E-state index contributed by atoms with van der Waals surface area (Å²) in [5, 5.41) is 2.57. The molecule has 0 spiro atoms. The number of carbonyl (C=O) groups is 3. The second-order valence-corrected chi connectivity index (χ2v) is 9.90. The van der Waals surface area contributed by atoms with Gasteiger partial charge in [0.2, 0.25) is 5.91 Å². The van der Waals surface area contributed by atoms with Crippen LogP contribution in [-0.2, 0) is 14.8 Å². The molecule has 1 fully saturated rings. The first kappa shape index (κ1) is 21.8. The first-order valence-electron chi connectivity index (χ1n) is 10.2. The van der Waals surface area contributed by atoms with Crippen LogP contribution in [0.2, 0.25) is 0 Å². The zero-order valence-electron chi connectivity index (χ0n) is 17.7. The molecule has 0 radical (unpaired) electrons. The van der Waals surface area contributed by atoms with Crippen molar-refractivity contribution in [2.24, 2.45) is 0 Å². The maximum atomic E-state index is 12.9. The number of nitrogens with one attached hydrogen (secondary N) is 2. The van der Waals surface area contributed by atoms with Crippen LogP contribution in [-0.4, -0.2) is 37.1 Å². The second kappa shape index (κ2) is 7.90. The standard InChI is InChI=1S/C23H23N3O5S/c1-13(2)15-5-8-17(9-6-15)32(30,31)25-16-7-10-18-19(12-16)23(29)26(22(18)28)20-11-4-14(3)24-21(20)27/h5-10,12-13,20,25H,3-4,11H2,1-2H3,(H,24,27). The predicted octanol–water partition coefficient (Wildman–Crippen LogP) is 3.00. The molecule has 0 aliphatic carbocycles. The Morgan fingerprint density at radius 1 is 1.03 bits per heavy atom. The van der Waals surface area contributed by atoms with Gasteiger partial charge in [0, 0.05) is 11.4 Å². The number of anilines is 1. The van der Waals surface area contributed by atoms with Gasteiger partial charge in [-0.1, -0.05) is 32.6 Å². The highest BCUT2D eigenvalue weighted by molar-refractivity contribution is 7.92. The molecule has 2 aromatic rings. The normalized spacial score (nSPS) is 18.7. The van der Waals surface area contributed by atoms with Crippen LogP contribution in [0.4, 0.5) is 5.69 Å². The summed E-state index contributed by atoms with van der Waals surface area (Å²) in [5.41, 5.74) is 1.90. The molecule has 4 rings (SSSR count). The van der Waals surface area contributed by atoms with Gasteiger partial charge >= 0.3 is 0 Å². The van der Waals surface area contributed by atoms with Crippen molar-refractivity contribution in [3.05, 3.63) is 71.4 Å². The Labute approximate surface area is 186 Å². The van der Waals surface area contributed by atoms with E-state index in [-0.39, 0.29) is 27.6 Å². The maximum absolute atomic E-state index is 12.9. The van der Waals surface area contributed by atoms with E-state index in [0.717, 1.165) is 10.5 Å². The Morgan fingerprint density at radius 2 is 1.69 bits per heavy atom. The van der Waals surface area contributed by atoms with Crippen molar-refractivity contribution < 1.29 is 22.8 Å². The lowest BCUT2D eigenvalue weighted by Crippen LogP contribution is -2.51. The van der Waals surface area contributed by atoms with E-state index in [1.165, 1.54) is 30.3 Å². The number of hydrogen-bond acceptors (Lipinski definition) is 5. The molecule has 3 amide bonds. The molecule has 2 aliphatic rings. The molecule has 1 unspecified atom stereocenters. The predicted molar refractivity (Wildman–Crippen MR) is 119 cm³/mol. The van der Waals surface area contributed by atoms with Crippen LogP contribution in [0.15, 0.2) is 59.6 Å². The molecule has 2 aliphatic heterocycles. The number of hydrogen-bond donors (Lipinski definition) is 2. The van der Waals surface area contributed by atoms with Gasteiger partial charge in [-0.25, -0.2) is 8.42 Å². The van der Waals surface area contributed by atoms with Gasteiger partial charge in [-0.3, -0.25) is 24.0 Å². The lowest BCUT2D eigenvalue weighted by atomic mass is 10.0. The third kappa shape index (κ3) is 3.80. The molecule has 2 N–H and O–H groups in total. The van der Waals surface area contributed by atoms with E-state index in [9.17, 15) is 22.8 Å². The minimum absolute atomic E-state index is 0.0579. The Bertz CT molecular complexity index is 1250. The summed E-state index contributed by atoms with van der Waals surface area (Å²) in [6.07, 6.45) is 0.756. The van der Waals surface area contributed by atoms with Gasteiger partial charge < -0.3 is 5.32 Å². The van der Waals surface area contributed by atoms with E-state index in [4.69, 9.17) is 0 Å². The van der Waals surface area contributed by atoms with Gasteiger partial charge in [-0.2, -0.15) is 0 Å². The minimum Gasteiger partial charge on any atom is -0.329 e. The summed E-state index contributed by atoms with van der Waals surface area (Å²) >= 11 is 0. The minimum atomic E-state index is -3.89. The van der Waals surface area contributed by atoms with Crippen LogP contribution in [0, 0.1) is 0 Å². The van der Waals surface area contributed by atoms with Crippen molar-refractivity contribution in [2.45, 2.75) is 43.5 Å². The summed E-state index contributed by atoms with van der Waals surface area (Å²) in [4.78, 5) is 39.1. The number of piperidine rings is 1. The topological polar surface area (TPSA) is 113 Å². The van der Waals surface area contributed by atoms with Crippen molar-refractivity contribution in [2.75, 3.05) is 4.72 Å². The van der Waals surface area contributed by atoms with Crippen LogP contribution in [0.25, 0.3) is 0 Å². The van der Waals surface area contributed by atoms with E-state index in [1.807, 2.05) is 13.8 Å². The third-order valence-electron chi connectivity index (χ3n) is 5.66. The summed E-state index contributed by atoms with van der Waals surface area (Å²) in [6.45, 7) is 7.73. The Balaban J connectivity index is 1.58. The fourth-order valence-corrected chi connectivity index (χ4v) is 4.91. The fraction of sp³-hybridized carbons (Fsp3) is 0.261. The molecule has 1 saturated heterocycles. The summed E-state index contributed by atoms with van der Waals surface area (Å²) < 4.78 is 28.0. The van der Waals surface area contributed by atoms with Gasteiger partial charge in [-0.15, -0.1) is 0 Å². The van der Waals surface area contributed by atoms with Gasteiger partial charge in [0.05, 0.1) is 16.0 Å². The lowest BCUT2D eigenvalue weighted by molar-refractivity contribution is -0.125. The zero-order valence-corrected chi connectivity index (χ0v) is 18.5. The Kier molecular flexibility index (Phi) is 5.37. The SMILES string of the molecule is C=C1CCC(N2C(=O)c3ccc(NS(=O)(=O)c4ccc(C(C)C)cc4)cc3C2=O)C(=O)N1. The quantitative estimate of drug-likeness (QED) is 0.676. The monoisotopic (exact) mass is 453 g/mol. The third-order valence-corrected chi connectivity index (χ3v) is 7.06. The molecule has 0 bridgehead atoms. The fourth-order valence-electron chi connectivity index (χ4n) is 3.86. The number of amides is 3. The van der Waals surface area contributed by atoms with E-state index in [1.54, 1.807) is 12.1 Å². The molecule has 8 nitrogen and oxygen atoms in total. The highest BCUT2D eigenvalue weighted by atomic mass is 32.2. The van der Waals surface area contributed by atoms with Crippen LogP contribution >= 0.6 is 0 Å². The highest BCUT2D eigenvalue weighted by Gasteiger charge is 2.44.